The van der Waals surface area contributed by atoms with Gasteiger partial charge < -0.3 is 10.4 Å². The molecule has 1 fully saturated rings. The Morgan fingerprint density at radius 3 is 2.95 bits per heavy atom. The number of aromatic carboxylic acids is 1. The molecule has 0 aliphatic heterocycles. The number of nitrogens with zero attached hydrogens (tertiary/aromatic N) is 1. The Balaban J connectivity index is 2.20. The molecule has 1 aliphatic carbocycles. The van der Waals surface area contributed by atoms with E-state index in [9.17, 15) is 9.18 Å². The van der Waals surface area contributed by atoms with Crippen LogP contribution in [-0.4, -0.2) is 22.1 Å². The number of carboxylic acids is 1. The third kappa shape index (κ3) is 3.22. The summed E-state index contributed by atoms with van der Waals surface area (Å²) in [4.78, 5) is 15.0. The molecular weight excluding hydrogens is 247 g/mol. The topological polar surface area (TPSA) is 62.2 Å². The maximum absolute atomic E-state index is 13.1. The molecule has 0 radical (unpaired) electrons. The Hall–Kier alpha value is -1.65. The predicted octanol–water partition coefficient (Wildman–Crippen LogP) is 3.30. The minimum atomic E-state index is -1.15. The first-order chi connectivity index (χ1) is 9.11. The lowest BCUT2D eigenvalue weighted by atomic mass is 9.83. The van der Waals surface area contributed by atoms with Crippen LogP contribution in [0.3, 0.4) is 0 Å². The first-order valence-electron chi connectivity index (χ1n) is 6.77. The summed E-state index contributed by atoms with van der Waals surface area (Å²) in [5.74, 6) is -0.974. The van der Waals surface area contributed by atoms with Crippen molar-refractivity contribution in [3.63, 3.8) is 0 Å². The second-order valence-corrected chi connectivity index (χ2v) is 5.06. The van der Waals surface area contributed by atoms with E-state index >= 15 is 0 Å². The Morgan fingerprint density at radius 1 is 1.53 bits per heavy atom. The average molecular weight is 266 g/mol. The molecule has 2 rings (SSSR count). The molecule has 19 heavy (non-hydrogen) atoms. The summed E-state index contributed by atoms with van der Waals surface area (Å²) in [5.41, 5.74) is -0.0968. The Morgan fingerprint density at radius 2 is 2.26 bits per heavy atom. The van der Waals surface area contributed by atoms with Crippen LogP contribution in [0.15, 0.2) is 12.3 Å². The monoisotopic (exact) mass is 266 g/mol. The molecule has 5 heteroatoms. The predicted molar refractivity (Wildman–Crippen MR) is 70.8 cm³/mol. The molecular formula is C14H19FN2O2. The molecule has 2 N–H and O–H groups in total. The molecule has 1 aliphatic rings. The van der Waals surface area contributed by atoms with Crippen molar-refractivity contribution in [2.45, 2.75) is 45.1 Å². The molecule has 0 bridgehead atoms. The first kappa shape index (κ1) is 13.8. The Bertz CT molecular complexity index is 465. The molecule has 1 aromatic rings. The third-order valence-electron chi connectivity index (χ3n) is 3.84. The standard InChI is InChI=1S/C14H19FN2O2/c1-2-9-5-3-4-6-12(9)17-13-11(14(18)19)7-10(15)8-16-13/h7-9,12H,2-6H2,1H3,(H,16,17)(H,18,19). The van der Waals surface area contributed by atoms with Gasteiger partial charge in [-0.15, -0.1) is 0 Å². The van der Waals surface area contributed by atoms with Crippen LogP contribution in [0.4, 0.5) is 10.2 Å². The van der Waals surface area contributed by atoms with Gasteiger partial charge in [0.15, 0.2) is 0 Å². The van der Waals surface area contributed by atoms with Crippen molar-refractivity contribution >= 4 is 11.8 Å². The zero-order chi connectivity index (χ0) is 13.8. The summed E-state index contributed by atoms with van der Waals surface area (Å²) in [6, 6.07) is 1.25. The van der Waals surface area contributed by atoms with Gasteiger partial charge in [0.2, 0.25) is 0 Å². The van der Waals surface area contributed by atoms with Crippen molar-refractivity contribution in [3.8, 4) is 0 Å². The largest absolute Gasteiger partial charge is 0.478 e. The normalized spacial score (nSPS) is 23.1. The highest BCUT2D eigenvalue weighted by Gasteiger charge is 2.25. The van der Waals surface area contributed by atoms with Crippen LogP contribution >= 0.6 is 0 Å². The van der Waals surface area contributed by atoms with Gasteiger partial charge >= 0.3 is 5.97 Å². The number of halogens is 1. The molecule has 104 valence electrons. The number of carboxylic acid groups (broad SMARTS) is 1. The summed E-state index contributed by atoms with van der Waals surface area (Å²) in [7, 11) is 0. The van der Waals surface area contributed by atoms with E-state index in [-0.39, 0.29) is 17.4 Å². The van der Waals surface area contributed by atoms with Gasteiger partial charge in [0.05, 0.1) is 6.20 Å². The number of nitrogens with one attached hydrogen (secondary N) is 1. The van der Waals surface area contributed by atoms with E-state index in [4.69, 9.17) is 5.11 Å². The van der Waals surface area contributed by atoms with Crippen LogP contribution in [0, 0.1) is 11.7 Å². The lowest BCUT2D eigenvalue weighted by Crippen LogP contribution is -2.32. The highest BCUT2D eigenvalue weighted by molar-refractivity contribution is 5.93. The zero-order valence-electron chi connectivity index (χ0n) is 11.0. The molecule has 2 atom stereocenters. The number of rotatable bonds is 4. The third-order valence-corrected chi connectivity index (χ3v) is 3.84. The first-order valence-corrected chi connectivity index (χ1v) is 6.77. The van der Waals surface area contributed by atoms with Crippen molar-refractivity contribution in [2.75, 3.05) is 5.32 Å². The molecule has 1 aromatic heterocycles. The van der Waals surface area contributed by atoms with Crippen LogP contribution < -0.4 is 5.32 Å². The van der Waals surface area contributed by atoms with Crippen molar-refractivity contribution in [1.29, 1.82) is 0 Å². The number of carbonyl (C=O) groups is 1. The van der Waals surface area contributed by atoms with Crippen molar-refractivity contribution in [1.82, 2.24) is 4.98 Å². The molecule has 1 heterocycles. The van der Waals surface area contributed by atoms with Crippen LogP contribution in [0.5, 0.6) is 0 Å². The summed E-state index contributed by atoms with van der Waals surface area (Å²) in [6.07, 6.45) is 6.63. The van der Waals surface area contributed by atoms with E-state index in [0.717, 1.165) is 37.9 Å². The molecule has 1 saturated carbocycles. The van der Waals surface area contributed by atoms with Gasteiger partial charge in [-0.2, -0.15) is 0 Å². The maximum Gasteiger partial charge on any atom is 0.339 e. The van der Waals surface area contributed by atoms with Gasteiger partial charge in [-0.25, -0.2) is 14.2 Å². The lowest BCUT2D eigenvalue weighted by molar-refractivity contribution is 0.0697. The van der Waals surface area contributed by atoms with E-state index < -0.39 is 11.8 Å². The maximum atomic E-state index is 13.1. The minimum absolute atomic E-state index is 0.0968. The smallest absolute Gasteiger partial charge is 0.339 e. The molecule has 0 amide bonds. The number of aromatic nitrogens is 1. The van der Waals surface area contributed by atoms with Crippen LogP contribution in [0.1, 0.15) is 49.4 Å². The van der Waals surface area contributed by atoms with Crippen LogP contribution in [-0.2, 0) is 0 Å². The highest BCUT2D eigenvalue weighted by atomic mass is 19.1. The number of pyridine rings is 1. The van der Waals surface area contributed by atoms with Gasteiger partial charge in [-0.05, 0) is 24.8 Å². The SMILES string of the molecule is CCC1CCCCC1Nc1ncc(F)cc1C(=O)O. The van der Waals surface area contributed by atoms with Gasteiger partial charge in [0.25, 0.3) is 0 Å². The van der Waals surface area contributed by atoms with E-state index in [1.807, 2.05) is 0 Å². The van der Waals surface area contributed by atoms with E-state index in [1.165, 1.54) is 6.42 Å². The van der Waals surface area contributed by atoms with E-state index in [2.05, 4.69) is 17.2 Å². The van der Waals surface area contributed by atoms with Gasteiger partial charge in [-0.1, -0.05) is 26.2 Å². The molecule has 0 saturated heterocycles. The summed E-state index contributed by atoms with van der Waals surface area (Å²) < 4.78 is 13.1. The molecule has 0 spiro atoms. The summed E-state index contributed by atoms with van der Waals surface area (Å²) in [5, 5.41) is 12.3. The molecule has 2 unspecified atom stereocenters. The zero-order valence-corrected chi connectivity index (χ0v) is 11.0. The van der Waals surface area contributed by atoms with Gasteiger partial charge in [0, 0.05) is 6.04 Å². The number of anilines is 1. The summed E-state index contributed by atoms with van der Waals surface area (Å²) in [6.45, 7) is 2.14. The Labute approximate surface area is 112 Å². The van der Waals surface area contributed by atoms with Gasteiger partial charge in [0.1, 0.15) is 17.2 Å². The summed E-state index contributed by atoms with van der Waals surface area (Å²) >= 11 is 0. The van der Waals surface area contributed by atoms with Crippen molar-refractivity contribution < 1.29 is 14.3 Å². The molecule has 0 aromatic carbocycles. The quantitative estimate of drug-likeness (QED) is 0.877. The lowest BCUT2D eigenvalue weighted by Gasteiger charge is -2.32. The second-order valence-electron chi connectivity index (χ2n) is 5.06. The van der Waals surface area contributed by atoms with Gasteiger partial charge in [-0.3, -0.25) is 0 Å². The van der Waals surface area contributed by atoms with Crippen molar-refractivity contribution in [2.24, 2.45) is 5.92 Å². The van der Waals surface area contributed by atoms with Crippen LogP contribution in [0.25, 0.3) is 0 Å². The fourth-order valence-corrected chi connectivity index (χ4v) is 2.78. The minimum Gasteiger partial charge on any atom is -0.478 e. The van der Waals surface area contributed by atoms with Crippen LogP contribution in [0.2, 0.25) is 0 Å². The number of hydrogen-bond donors (Lipinski definition) is 2. The fourth-order valence-electron chi connectivity index (χ4n) is 2.78. The van der Waals surface area contributed by atoms with E-state index in [1.54, 1.807) is 0 Å². The highest BCUT2D eigenvalue weighted by Crippen LogP contribution is 2.29. The van der Waals surface area contributed by atoms with Crippen molar-refractivity contribution in [3.05, 3.63) is 23.6 Å². The second kappa shape index (κ2) is 5.99. The van der Waals surface area contributed by atoms with E-state index in [0.29, 0.717) is 5.92 Å². The Kier molecular flexibility index (Phi) is 4.35. The average Bonchev–Trinajstić information content (AvgIpc) is 2.41. The fraction of sp³-hybridized carbons (Fsp3) is 0.571. The molecule has 4 nitrogen and oxygen atoms in total. The number of hydrogen-bond acceptors (Lipinski definition) is 3.